The molecular formula is C31H52O3. The van der Waals surface area contributed by atoms with Crippen molar-refractivity contribution < 1.29 is 14.9 Å². The monoisotopic (exact) mass is 472 g/mol. The van der Waals surface area contributed by atoms with Crippen LogP contribution in [0.3, 0.4) is 0 Å². The van der Waals surface area contributed by atoms with Crippen molar-refractivity contribution in [3.8, 4) is 0 Å². The SMILES string of the molecule is CO[C@@H]1CC(C)(C)C[C@@H]2C3=CC[C@@H]4[C@@]5(C)CC[C@H](O)C(C)(CO)C5CC[C@@]4(C)[C@]3(C)CC[C@]21C. The Morgan fingerprint density at radius 2 is 1.59 bits per heavy atom. The maximum Gasteiger partial charge on any atom is 0.0635 e. The molecule has 5 aliphatic rings. The molecule has 5 aliphatic carbocycles. The van der Waals surface area contributed by atoms with E-state index in [1.165, 1.54) is 32.1 Å². The number of allylic oxidation sites excluding steroid dienone is 2. The van der Waals surface area contributed by atoms with E-state index >= 15 is 0 Å². The lowest BCUT2D eigenvalue weighted by molar-refractivity contribution is -0.219. The highest BCUT2D eigenvalue weighted by Crippen LogP contribution is 2.75. The summed E-state index contributed by atoms with van der Waals surface area (Å²) < 4.78 is 6.20. The highest BCUT2D eigenvalue weighted by atomic mass is 16.5. The molecule has 0 aliphatic heterocycles. The van der Waals surface area contributed by atoms with Crippen LogP contribution < -0.4 is 0 Å². The van der Waals surface area contributed by atoms with Crippen LogP contribution in [0.15, 0.2) is 11.6 Å². The zero-order chi connectivity index (χ0) is 24.9. The molecule has 2 N–H and O–H groups in total. The Balaban J connectivity index is 1.58. The number of methoxy groups -OCH3 is 1. The Labute approximate surface area is 209 Å². The minimum Gasteiger partial charge on any atom is -0.396 e. The molecular weight excluding hydrogens is 420 g/mol. The molecule has 2 unspecified atom stereocenters. The summed E-state index contributed by atoms with van der Waals surface area (Å²) in [4.78, 5) is 0. The molecule has 0 heterocycles. The van der Waals surface area contributed by atoms with Crippen LogP contribution in [0.5, 0.6) is 0 Å². The third-order valence-electron chi connectivity index (χ3n) is 13.5. The second-order valence-corrected chi connectivity index (χ2v) is 15.4. The van der Waals surface area contributed by atoms with Crippen molar-refractivity contribution in [1.29, 1.82) is 0 Å². The topological polar surface area (TPSA) is 49.7 Å². The van der Waals surface area contributed by atoms with Crippen LogP contribution in [0.2, 0.25) is 0 Å². The Morgan fingerprint density at radius 1 is 0.882 bits per heavy atom. The molecule has 0 bridgehead atoms. The third kappa shape index (κ3) is 2.99. The van der Waals surface area contributed by atoms with Crippen molar-refractivity contribution in [1.82, 2.24) is 0 Å². The van der Waals surface area contributed by atoms with E-state index in [0.717, 1.165) is 25.7 Å². The summed E-state index contributed by atoms with van der Waals surface area (Å²) in [5, 5.41) is 21.4. The fourth-order valence-corrected chi connectivity index (χ4v) is 11.0. The van der Waals surface area contributed by atoms with Gasteiger partial charge in [-0.3, -0.25) is 0 Å². The van der Waals surface area contributed by atoms with Crippen LogP contribution in [0.1, 0.15) is 106 Å². The molecule has 4 saturated carbocycles. The molecule has 3 heteroatoms. The number of rotatable bonds is 2. The van der Waals surface area contributed by atoms with Gasteiger partial charge in [0.2, 0.25) is 0 Å². The van der Waals surface area contributed by atoms with E-state index in [4.69, 9.17) is 4.74 Å². The maximum absolute atomic E-state index is 11.0. The van der Waals surface area contributed by atoms with Gasteiger partial charge in [-0.15, -0.1) is 0 Å². The molecule has 0 spiro atoms. The second kappa shape index (κ2) is 7.57. The molecule has 0 aromatic heterocycles. The largest absolute Gasteiger partial charge is 0.396 e. The van der Waals surface area contributed by atoms with Crippen molar-refractivity contribution in [2.45, 2.75) is 118 Å². The summed E-state index contributed by atoms with van der Waals surface area (Å²) in [6, 6.07) is 0. The van der Waals surface area contributed by atoms with E-state index in [9.17, 15) is 10.2 Å². The first-order chi connectivity index (χ1) is 15.7. The molecule has 10 atom stereocenters. The molecule has 0 amide bonds. The lowest BCUT2D eigenvalue weighted by atomic mass is 9.33. The van der Waals surface area contributed by atoms with Gasteiger partial charge in [-0.25, -0.2) is 0 Å². The summed E-state index contributed by atoms with van der Waals surface area (Å²) in [5.74, 6) is 1.62. The summed E-state index contributed by atoms with van der Waals surface area (Å²) in [5.41, 5.74) is 2.62. The second-order valence-electron chi connectivity index (χ2n) is 15.4. The highest BCUT2D eigenvalue weighted by molar-refractivity contribution is 5.34. The van der Waals surface area contributed by atoms with Crippen LogP contribution in [0.4, 0.5) is 0 Å². The van der Waals surface area contributed by atoms with Crippen molar-refractivity contribution in [2.75, 3.05) is 13.7 Å². The molecule has 5 rings (SSSR count). The van der Waals surface area contributed by atoms with Crippen LogP contribution in [0.25, 0.3) is 0 Å². The van der Waals surface area contributed by atoms with E-state index in [1.54, 1.807) is 5.57 Å². The number of aliphatic hydroxyl groups is 2. The molecule has 0 aromatic rings. The summed E-state index contributed by atoms with van der Waals surface area (Å²) in [6.07, 6.45) is 13.1. The standard InChI is InChI=1S/C31H52O3/c1-26(2)17-21-20-9-10-23-28(4)13-12-24(33)29(5,19-32)22(28)11-14-31(23,7)30(20,6)16-15-27(21,3)25(18-26)34-8/h9,21-25,32-33H,10-19H2,1-8H3/t21-,22?,23-,24+,25-,27-,28+,29?,30-,31-/m1/s1. The van der Waals surface area contributed by atoms with Gasteiger partial charge in [0.25, 0.3) is 0 Å². The zero-order valence-electron chi connectivity index (χ0n) is 23.3. The smallest absolute Gasteiger partial charge is 0.0635 e. The highest BCUT2D eigenvalue weighted by Gasteiger charge is 2.69. The molecule has 3 nitrogen and oxygen atoms in total. The fourth-order valence-electron chi connectivity index (χ4n) is 11.0. The minimum atomic E-state index is -0.379. The Bertz CT molecular complexity index is 863. The molecule has 0 saturated heterocycles. The van der Waals surface area contributed by atoms with Crippen LogP contribution in [-0.4, -0.2) is 36.1 Å². The van der Waals surface area contributed by atoms with E-state index in [0.29, 0.717) is 29.3 Å². The third-order valence-corrected chi connectivity index (χ3v) is 13.5. The summed E-state index contributed by atoms with van der Waals surface area (Å²) >= 11 is 0. The minimum absolute atomic E-state index is 0.101. The lowest BCUT2D eigenvalue weighted by Gasteiger charge is -2.71. The predicted molar refractivity (Wildman–Crippen MR) is 138 cm³/mol. The Hall–Kier alpha value is -0.380. The summed E-state index contributed by atoms with van der Waals surface area (Å²) in [6.45, 7) is 17.5. The van der Waals surface area contributed by atoms with Gasteiger partial charge < -0.3 is 14.9 Å². The van der Waals surface area contributed by atoms with Crippen molar-refractivity contribution in [3.05, 3.63) is 11.6 Å². The first-order valence-electron chi connectivity index (χ1n) is 14.2. The molecule has 0 radical (unpaired) electrons. The molecule has 194 valence electrons. The van der Waals surface area contributed by atoms with Gasteiger partial charge in [0.05, 0.1) is 18.8 Å². The van der Waals surface area contributed by atoms with Crippen LogP contribution >= 0.6 is 0 Å². The van der Waals surface area contributed by atoms with E-state index in [1.807, 2.05) is 7.11 Å². The van der Waals surface area contributed by atoms with Gasteiger partial charge in [0.1, 0.15) is 0 Å². The van der Waals surface area contributed by atoms with Gasteiger partial charge in [-0.05, 0) is 97.2 Å². The Kier molecular flexibility index (Phi) is 5.63. The first-order valence-corrected chi connectivity index (χ1v) is 14.2. The van der Waals surface area contributed by atoms with Crippen LogP contribution in [0, 0.1) is 50.2 Å². The summed E-state index contributed by atoms with van der Waals surface area (Å²) in [7, 11) is 1.94. The number of fused-ring (bicyclic) bond motifs is 7. The molecule has 4 fully saturated rings. The number of aliphatic hydroxyl groups excluding tert-OH is 2. The number of hydrogen-bond donors (Lipinski definition) is 2. The van der Waals surface area contributed by atoms with Gasteiger partial charge in [0, 0.05) is 17.9 Å². The fraction of sp³-hybridized carbons (Fsp3) is 0.935. The van der Waals surface area contributed by atoms with E-state index in [-0.39, 0.29) is 39.8 Å². The Morgan fingerprint density at radius 3 is 2.24 bits per heavy atom. The number of hydrogen-bond acceptors (Lipinski definition) is 3. The van der Waals surface area contributed by atoms with Crippen molar-refractivity contribution >= 4 is 0 Å². The first kappa shape index (κ1) is 25.3. The normalized spacial score (nSPS) is 56.4. The van der Waals surface area contributed by atoms with E-state index < -0.39 is 0 Å². The van der Waals surface area contributed by atoms with Crippen LogP contribution in [-0.2, 0) is 4.74 Å². The predicted octanol–water partition coefficient (Wildman–Crippen LogP) is 6.77. The van der Waals surface area contributed by atoms with Crippen molar-refractivity contribution in [3.63, 3.8) is 0 Å². The van der Waals surface area contributed by atoms with Crippen molar-refractivity contribution in [2.24, 2.45) is 50.2 Å². The average molecular weight is 473 g/mol. The zero-order valence-corrected chi connectivity index (χ0v) is 23.3. The molecule has 0 aromatic carbocycles. The van der Waals surface area contributed by atoms with Gasteiger partial charge in [0.15, 0.2) is 0 Å². The van der Waals surface area contributed by atoms with Gasteiger partial charge in [-0.1, -0.05) is 60.1 Å². The number of ether oxygens (including phenoxy) is 1. The van der Waals surface area contributed by atoms with E-state index in [2.05, 4.69) is 54.5 Å². The maximum atomic E-state index is 11.0. The quantitative estimate of drug-likeness (QED) is 0.436. The van der Waals surface area contributed by atoms with Gasteiger partial charge in [-0.2, -0.15) is 0 Å². The lowest BCUT2D eigenvalue weighted by Crippen LogP contribution is -2.66. The average Bonchev–Trinajstić information content (AvgIpc) is 2.77. The van der Waals surface area contributed by atoms with Gasteiger partial charge >= 0.3 is 0 Å². The molecule has 34 heavy (non-hydrogen) atoms.